The SMILES string of the molecule is CC(C)(C)OC(=O)N1CCOc2c1ncc(I)c2Oc1ccc(NC(=O)OCc2ccccc2)cc1. The smallest absolute Gasteiger partial charge is 0.416 e. The third kappa shape index (κ3) is 6.56. The molecule has 0 saturated carbocycles. The van der Waals surface area contributed by atoms with E-state index < -0.39 is 17.8 Å². The highest BCUT2D eigenvalue weighted by Gasteiger charge is 2.32. The molecule has 2 heterocycles. The number of hydrogen-bond donors (Lipinski definition) is 1. The van der Waals surface area contributed by atoms with Gasteiger partial charge in [-0.3, -0.25) is 10.2 Å². The van der Waals surface area contributed by atoms with Crippen molar-refractivity contribution in [2.45, 2.75) is 33.0 Å². The summed E-state index contributed by atoms with van der Waals surface area (Å²) in [5, 5.41) is 2.69. The number of benzene rings is 2. The van der Waals surface area contributed by atoms with Crippen LogP contribution in [0.5, 0.6) is 17.2 Å². The molecule has 0 saturated heterocycles. The summed E-state index contributed by atoms with van der Waals surface area (Å²) in [5.41, 5.74) is 0.820. The second kappa shape index (κ2) is 11.0. The van der Waals surface area contributed by atoms with Crippen LogP contribution in [0.2, 0.25) is 0 Å². The summed E-state index contributed by atoms with van der Waals surface area (Å²) in [5.74, 6) is 1.66. The van der Waals surface area contributed by atoms with Crippen molar-refractivity contribution in [3.63, 3.8) is 0 Å². The molecule has 1 aromatic heterocycles. The number of anilines is 2. The summed E-state index contributed by atoms with van der Waals surface area (Å²) in [7, 11) is 0. The molecule has 3 aromatic rings. The number of halogens is 1. The Bertz CT molecular complexity index is 1230. The zero-order valence-electron chi connectivity index (χ0n) is 20.1. The van der Waals surface area contributed by atoms with E-state index in [9.17, 15) is 9.59 Å². The maximum atomic E-state index is 12.7. The van der Waals surface area contributed by atoms with Crippen LogP contribution in [0.25, 0.3) is 0 Å². The molecule has 0 unspecified atom stereocenters. The highest BCUT2D eigenvalue weighted by atomic mass is 127. The Morgan fingerprint density at radius 3 is 2.53 bits per heavy atom. The van der Waals surface area contributed by atoms with Gasteiger partial charge in [-0.1, -0.05) is 30.3 Å². The van der Waals surface area contributed by atoms with Crippen LogP contribution in [0.1, 0.15) is 26.3 Å². The number of hydrogen-bond acceptors (Lipinski definition) is 7. The fraction of sp³-hybridized carbons (Fsp3) is 0.269. The minimum atomic E-state index is -0.637. The highest BCUT2D eigenvalue weighted by molar-refractivity contribution is 14.1. The molecule has 36 heavy (non-hydrogen) atoms. The molecule has 2 amide bonds. The van der Waals surface area contributed by atoms with Crippen molar-refractivity contribution in [2.75, 3.05) is 23.4 Å². The number of nitrogens with zero attached hydrogens (tertiary/aromatic N) is 2. The van der Waals surface area contributed by atoms with E-state index in [1.165, 1.54) is 4.90 Å². The lowest BCUT2D eigenvalue weighted by molar-refractivity contribution is 0.0565. The van der Waals surface area contributed by atoms with E-state index in [4.69, 9.17) is 18.9 Å². The first-order valence-electron chi connectivity index (χ1n) is 11.3. The molecule has 188 valence electrons. The van der Waals surface area contributed by atoms with Gasteiger partial charge in [-0.05, 0) is 73.2 Å². The van der Waals surface area contributed by atoms with Crippen LogP contribution in [0.4, 0.5) is 21.1 Å². The number of ether oxygens (including phenoxy) is 4. The van der Waals surface area contributed by atoms with Gasteiger partial charge in [0, 0.05) is 11.9 Å². The zero-order chi connectivity index (χ0) is 25.7. The minimum Gasteiger partial charge on any atom is -0.484 e. The monoisotopic (exact) mass is 603 g/mol. The van der Waals surface area contributed by atoms with Crippen molar-refractivity contribution in [1.82, 2.24) is 4.98 Å². The molecular weight excluding hydrogens is 577 g/mol. The predicted octanol–water partition coefficient (Wildman–Crippen LogP) is 6.36. The third-order valence-electron chi connectivity index (χ3n) is 4.89. The molecule has 2 aromatic carbocycles. The van der Waals surface area contributed by atoms with Crippen molar-refractivity contribution < 1.29 is 28.5 Å². The van der Waals surface area contributed by atoms with E-state index >= 15 is 0 Å². The van der Waals surface area contributed by atoms with Crippen LogP contribution in [-0.4, -0.2) is 35.9 Å². The standard InChI is InChI=1S/C26H26IN3O6/c1-26(2,3)36-25(32)30-13-14-33-22-21(20(27)15-28-23(22)30)35-19-11-9-18(10-12-19)29-24(31)34-16-17-7-5-4-6-8-17/h4-12,15H,13-14,16H2,1-3H3,(H,29,31). The molecule has 1 aliphatic heterocycles. The van der Waals surface area contributed by atoms with Crippen LogP contribution >= 0.6 is 22.6 Å². The molecule has 0 spiro atoms. The Labute approximate surface area is 222 Å². The Morgan fingerprint density at radius 2 is 1.83 bits per heavy atom. The van der Waals surface area contributed by atoms with Gasteiger partial charge in [0.1, 0.15) is 24.6 Å². The predicted molar refractivity (Wildman–Crippen MR) is 143 cm³/mol. The van der Waals surface area contributed by atoms with E-state index in [1.807, 2.05) is 51.1 Å². The number of rotatable bonds is 5. The van der Waals surface area contributed by atoms with Gasteiger partial charge >= 0.3 is 12.2 Å². The number of carbonyl (C=O) groups excluding carboxylic acids is 2. The largest absolute Gasteiger partial charge is 0.484 e. The fourth-order valence-corrected chi connectivity index (χ4v) is 3.80. The summed E-state index contributed by atoms with van der Waals surface area (Å²) in [6, 6.07) is 16.3. The van der Waals surface area contributed by atoms with E-state index in [1.54, 1.807) is 30.5 Å². The van der Waals surface area contributed by atoms with Crippen LogP contribution in [0.3, 0.4) is 0 Å². The Kier molecular flexibility index (Phi) is 7.82. The number of pyridine rings is 1. The summed E-state index contributed by atoms with van der Waals surface area (Å²) in [6.45, 7) is 6.20. The Balaban J connectivity index is 1.44. The highest BCUT2D eigenvalue weighted by Crippen LogP contribution is 2.43. The van der Waals surface area contributed by atoms with Crippen LogP contribution in [0.15, 0.2) is 60.8 Å². The summed E-state index contributed by atoms with van der Waals surface area (Å²) >= 11 is 2.10. The van der Waals surface area contributed by atoms with E-state index in [-0.39, 0.29) is 13.2 Å². The zero-order valence-corrected chi connectivity index (χ0v) is 22.3. The number of amides is 2. The van der Waals surface area contributed by atoms with Crippen molar-refractivity contribution in [3.8, 4) is 17.2 Å². The van der Waals surface area contributed by atoms with E-state index in [0.29, 0.717) is 38.9 Å². The van der Waals surface area contributed by atoms with Crippen molar-refractivity contribution in [2.24, 2.45) is 0 Å². The van der Waals surface area contributed by atoms with Gasteiger partial charge in [0.2, 0.25) is 5.75 Å². The number of carbonyl (C=O) groups is 2. The van der Waals surface area contributed by atoms with Crippen LogP contribution in [0, 0.1) is 3.57 Å². The van der Waals surface area contributed by atoms with Gasteiger partial charge in [-0.25, -0.2) is 14.6 Å². The maximum Gasteiger partial charge on any atom is 0.416 e. The lowest BCUT2D eigenvalue weighted by Crippen LogP contribution is -2.42. The molecule has 0 bridgehead atoms. The molecule has 1 N–H and O–H groups in total. The normalized spacial score (nSPS) is 12.7. The molecule has 0 fully saturated rings. The minimum absolute atomic E-state index is 0.180. The lowest BCUT2D eigenvalue weighted by atomic mass is 10.2. The van der Waals surface area contributed by atoms with Gasteiger partial charge in [0.15, 0.2) is 11.6 Å². The molecule has 0 radical (unpaired) electrons. The molecule has 10 heteroatoms. The van der Waals surface area contributed by atoms with Gasteiger partial charge in [-0.15, -0.1) is 0 Å². The van der Waals surface area contributed by atoms with Gasteiger partial charge in [0.25, 0.3) is 0 Å². The first kappa shape index (κ1) is 25.5. The Morgan fingerprint density at radius 1 is 1.11 bits per heavy atom. The second-order valence-electron chi connectivity index (χ2n) is 8.88. The molecule has 0 atom stereocenters. The van der Waals surface area contributed by atoms with Crippen molar-refractivity contribution in [1.29, 1.82) is 0 Å². The van der Waals surface area contributed by atoms with Gasteiger partial charge in [0.05, 0.1) is 10.1 Å². The maximum absolute atomic E-state index is 12.7. The quantitative estimate of drug-likeness (QED) is 0.339. The van der Waals surface area contributed by atoms with Crippen molar-refractivity contribution in [3.05, 3.63) is 69.9 Å². The van der Waals surface area contributed by atoms with Crippen molar-refractivity contribution >= 4 is 46.3 Å². The van der Waals surface area contributed by atoms with E-state index in [0.717, 1.165) is 5.56 Å². The summed E-state index contributed by atoms with van der Waals surface area (Å²) < 4.78 is 23.4. The topological polar surface area (TPSA) is 99.2 Å². The lowest BCUT2D eigenvalue weighted by Gasteiger charge is -2.31. The summed E-state index contributed by atoms with van der Waals surface area (Å²) in [4.78, 5) is 30.6. The molecule has 4 rings (SSSR count). The number of fused-ring (bicyclic) bond motifs is 1. The average Bonchev–Trinajstić information content (AvgIpc) is 2.85. The van der Waals surface area contributed by atoms with Crippen LogP contribution < -0.4 is 19.7 Å². The third-order valence-corrected chi connectivity index (χ3v) is 5.66. The second-order valence-corrected chi connectivity index (χ2v) is 10.0. The first-order valence-corrected chi connectivity index (χ1v) is 12.3. The summed E-state index contributed by atoms with van der Waals surface area (Å²) in [6.07, 6.45) is 0.557. The van der Waals surface area contributed by atoms with E-state index in [2.05, 4.69) is 32.9 Å². The number of aromatic nitrogens is 1. The van der Waals surface area contributed by atoms with Crippen LogP contribution in [-0.2, 0) is 16.1 Å². The van der Waals surface area contributed by atoms with Gasteiger partial charge < -0.3 is 18.9 Å². The Hall–Kier alpha value is -3.54. The molecule has 1 aliphatic rings. The first-order chi connectivity index (χ1) is 17.2. The molecule has 9 nitrogen and oxygen atoms in total. The molecule has 0 aliphatic carbocycles. The van der Waals surface area contributed by atoms with Gasteiger partial charge in [-0.2, -0.15) is 0 Å². The average molecular weight is 603 g/mol. The molecular formula is C26H26IN3O6. The fourth-order valence-electron chi connectivity index (χ4n) is 3.30. The number of nitrogens with one attached hydrogen (secondary N) is 1.